The molecule has 0 saturated carbocycles. The van der Waals surface area contributed by atoms with Gasteiger partial charge in [-0.1, -0.05) is 6.07 Å². The van der Waals surface area contributed by atoms with Gasteiger partial charge in [0.25, 0.3) is 5.89 Å². The van der Waals surface area contributed by atoms with Gasteiger partial charge < -0.3 is 18.7 Å². The van der Waals surface area contributed by atoms with Crippen molar-refractivity contribution < 1.29 is 18.7 Å². The zero-order valence-electron chi connectivity index (χ0n) is 13.4. The number of ether oxygens (including phenoxy) is 1. The summed E-state index contributed by atoms with van der Waals surface area (Å²) in [6.07, 6.45) is 0.555. The molecule has 2 heterocycles. The summed E-state index contributed by atoms with van der Waals surface area (Å²) in [5.74, 6) is 0.446. The molecular formula is C17H18N2O5. The van der Waals surface area contributed by atoms with Gasteiger partial charge in [0, 0.05) is 0 Å². The number of hydrogen-bond donors (Lipinski definition) is 1. The SMILES string of the molecule is Cc1cc(C)cc(OC[C@H](O)Cn2nc(-c3ccco3)oc2=O)c1. The maximum atomic E-state index is 11.8. The van der Waals surface area contributed by atoms with Gasteiger partial charge in [0.05, 0.1) is 12.8 Å². The van der Waals surface area contributed by atoms with Crippen molar-refractivity contribution in [3.63, 3.8) is 0 Å². The molecule has 0 aliphatic rings. The molecule has 126 valence electrons. The summed E-state index contributed by atoms with van der Waals surface area (Å²) in [5, 5.41) is 14.1. The molecule has 1 atom stereocenters. The molecule has 7 heteroatoms. The van der Waals surface area contributed by atoms with Crippen molar-refractivity contribution in [1.29, 1.82) is 0 Å². The number of hydrogen-bond acceptors (Lipinski definition) is 6. The molecule has 7 nitrogen and oxygen atoms in total. The fraction of sp³-hybridized carbons (Fsp3) is 0.294. The van der Waals surface area contributed by atoms with Gasteiger partial charge in [0.2, 0.25) is 0 Å². The normalized spacial score (nSPS) is 12.3. The lowest BCUT2D eigenvalue weighted by Gasteiger charge is -2.12. The molecule has 0 aliphatic heterocycles. The molecule has 3 rings (SSSR count). The Morgan fingerprint density at radius 2 is 2.04 bits per heavy atom. The third-order valence-corrected chi connectivity index (χ3v) is 3.36. The number of aryl methyl sites for hydroxylation is 2. The van der Waals surface area contributed by atoms with Crippen LogP contribution in [0.4, 0.5) is 0 Å². The summed E-state index contributed by atoms with van der Waals surface area (Å²) in [5.41, 5.74) is 2.16. The third kappa shape index (κ3) is 3.75. The van der Waals surface area contributed by atoms with E-state index in [9.17, 15) is 9.90 Å². The minimum absolute atomic E-state index is 0.0339. The fourth-order valence-corrected chi connectivity index (χ4v) is 2.38. The second-order valence-corrected chi connectivity index (χ2v) is 5.62. The molecule has 1 N–H and O–H groups in total. The van der Waals surface area contributed by atoms with Gasteiger partial charge in [0.15, 0.2) is 5.76 Å². The number of aromatic nitrogens is 2. The van der Waals surface area contributed by atoms with Gasteiger partial charge in [-0.3, -0.25) is 0 Å². The van der Waals surface area contributed by atoms with Gasteiger partial charge in [-0.25, -0.2) is 4.79 Å². The maximum absolute atomic E-state index is 11.8. The number of furan rings is 1. The van der Waals surface area contributed by atoms with E-state index in [2.05, 4.69) is 5.10 Å². The highest BCUT2D eigenvalue weighted by atomic mass is 16.5. The van der Waals surface area contributed by atoms with E-state index in [1.54, 1.807) is 12.1 Å². The Bertz CT molecular complexity index is 843. The summed E-state index contributed by atoms with van der Waals surface area (Å²) in [6, 6.07) is 9.11. The van der Waals surface area contributed by atoms with Crippen LogP contribution in [0.3, 0.4) is 0 Å². The molecule has 0 bridgehead atoms. The highest BCUT2D eigenvalue weighted by Crippen LogP contribution is 2.17. The monoisotopic (exact) mass is 330 g/mol. The van der Waals surface area contributed by atoms with Crippen LogP contribution in [0.5, 0.6) is 5.75 Å². The highest BCUT2D eigenvalue weighted by molar-refractivity contribution is 5.42. The zero-order chi connectivity index (χ0) is 17.1. The lowest BCUT2D eigenvalue weighted by atomic mass is 10.1. The lowest BCUT2D eigenvalue weighted by molar-refractivity contribution is 0.0875. The Morgan fingerprint density at radius 1 is 1.29 bits per heavy atom. The van der Waals surface area contributed by atoms with Crippen LogP contribution >= 0.6 is 0 Å². The first kappa shape index (κ1) is 16.1. The first-order chi connectivity index (χ1) is 11.5. The molecule has 0 amide bonds. The van der Waals surface area contributed by atoms with Crippen LogP contribution in [-0.2, 0) is 6.54 Å². The number of nitrogens with zero attached hydrogens (tertiary/aromatic N) is 2. The predicted octanol–water partition coefficient (Wildman–Crippen LogP) is 2.15. The first-order valence-electron chi connectivity index (χ1n) is 7.52. The molecular weight excluding hydrogens is 312 g/mol. The van der Waals surface area contributed by atoms with Gasteiger partial charge in [-0.2, -0.15) is 4.68 Å². The molecule has 1 aromatic carbocycles. The first-order valence-corrected chi connectivity index (χ1v) is 7.52. The summed E-state index contributed by atoms with van der Waals surface area (Å²) in [4.78, 5) is 11.8. The van der Waals surface area contributed by atoms with Crippen LogP contribution in [0, 0.1) is 13.8 Å². The van der Waals surface area contributed by atoms with E-state index in [4.69, 9.17) is 13.6 Å². The Hall–Kier alpha value is -2.80. The molecule has 24 heavy (non-hydrogen) atoms. The minimum atomic E-state index is -0.905. The number of aliphatic hydroxyl groups excluding tert-OH is 1. The van der Waals surface area contributed by atoms with Crippen molar-refractivity contribution in [1.82, 2.24) is 9.78 Å². The summed E-state index contributed by atoms with van der Waals surface area (Å²) < 4.78 is 16.8. The standard InChI is InChI=1S/C17H18N2O5/c1-11-6-12(2)8-14(7-11)23-10-13(20)9-19-17(21)24-16(18-19)15-4-3-5-22-15/h3-8,13,20H,9-10H2,1-2H3/t13-/m1/s1. The average molecular weight is 330 g/mol. The van der Waals surface area contributed by atoms with E-state index < -0.39 is 11.9 Å². The quantitative estimate of drug-likeness (QED) is 0.745. The zero-order valence-corrected chi connectivity index (χ0v) is 13.4. The van der Waals surface area contributed by atoms with Crippen LogP contribution in [-0.4, -0.2) is 27.6 Å². The van der Waals surface area contributed by atoms with Crippen LogP contribution < -0.4 is 10.5 Å². The molecule has 3 aromatic rings. The van der Waals surface area contributed by atoms with Gasteiger partial charge >= 0.3 is 5.76 Å². The van der Waals surface area contributed by atoms with E-state index >= 15 is 0 Å². The minimum Gasteiger partial charge on any atom is -0.491 e. The fourth-order valence-electron chi connectivity index (χ4n) is 2.38. The van der Waals surface area contributed by atoms with E-state index in [1.165, 1.54) is 6.26 Å². The van der Waals surface area contributed by atoms with E-state index in [0.29, 0.717) is 11.5 Å². The maximum Gasteiger partial charge on any atom is 0.437 e. The molecule has 0 saturated heterocycles. The molecule has 0 radical (unpaired) electrons. The molecule has 0 aliphatic carbocycles. The highest BCUT2D eigenvalue weighted by Gasteiger charge is 2.15. The van der Waals surface area contributed by atoms with Crippen molar-refractivity contribution in [2.45, 2.75) is 26.5 Å². The van der Waals surface area contributed by atoms with Crippen molar-refractivity contribution in [3.8, 4) is 17.4 Å². The van der Waals surface area contributed by atoms with Gasteiger partial charge in [-0.15, -0.1) is 5.10 Å². The lowest BCUT2D eigenvalue weighted by Crippen LogP contribution is -2.29. The topological polar surface area (TPSA) is 90.6 Å². The van der Waals surface area contributed by atoms with Crippen molar-refractivity contribution in [3.05, 3.63) is 58.3 Å². The summed E-state index contributed by atoms with van der Waals surface area (Å²) in [6.45, 7) is 3.95. The Balaban J connectivity index is 1.63. The third-order valence-electron chi connectivity index (χ3n) is 3.36. The summed E-state index contributed by atoms with van der Waals surface area (Å²) in [7, 11) is 0. The molecule has 0 fully saturated rings. The van der Waals surface area contributed by atoms with Crippen LogP contribution in [0.15, 0.2) is 50.2 Å². The van der Waals surface area contributed by atoms with Crippen molar-refractivity contribution in [2.75, 3.05) is 6.61 Å². The predicted molar refractivity (Wildman–Crippen MR) is 85.9 cm³/mol. The van der Waals surface area contributed by atoms with E-state index in [0.717, 1.165) is 15.8 Å². The second kappa shape index (κ2) is 6.76. The Morgan fingerprint density at radius 3 is 2.71 bits per heavy atom. The number of rotatable bonds is 6. The number of benzene rings is 1. The van der Waals surface area contributed by atoms with Crippen LogP contribution in [0.25, 0.3) is 11.7 Å². The van der Waals surface area contributed by atoms with Gasteiger partial charge in [0.1, 0.15) is 18.5 Å². The molecule has 0 spiro atoms. The van der Waals surface area contributed by atoms with Crippen molar-refractivity contribution >= 4 is 0 Å². The Kier molecular flexibility index (Phi) is 4.52. The van der Waals surface area contributed by atoms with Gasteiger partial charge in [-0.05, 0) is 49.2 Å². The van der Waals surface area contributed by atoms with E-state index in [-0.39, 0.29) is 19.0 Å². The number of aliphatic hydroxyl groups is 1. The average Bonchev–Trinajstić information content (AvgIpc) is 3.15. The molecule has 0 unspecified atom stereocenters. The van der Waals surface area contributed by atoms with Crippen molar-refractivity contribution in [2.24, 2.45) is 0 Å². The van der Waals surface area contributed by atoms with Crippen LogP contribution in [0.2, 0.25) is 0 Å². The summed E-state index contributed by atoms with van der Waals surface area (Å²) >= 11 is 0. The Labute approximate surface area is 138 Å². The second-order valence-electron chi connectivity index (χ2n) is 5.62. The largest absolute Gasteiger partial charge is 0.491 e. The van der Waals surface area contributed by atoms with E-state index in [1.807, 2.05) is 32.0 Å². The van der Waals surface area contributed by atoms with Crippen LogP contribution in [0.1, 0.15) is 11.1 Å². The smallest absolute Gasteiger partial charge is 0.437 e. The molecule has 2 aromatic heterocycles.